The summed E-state index contributed by atoms with van der Waals surface area (Å²) in [5.74, 6) is -1.03. The molecule has 2 N–H and O–H groups in total. The Balaban J connectivity index is 1.82. The average Bonchev–Trinajstić information content (AvgIpc) is 2.58. The van der Waals surface area contributed by atoms with Gasteiger partial charge in [-0.2, -0.15) is 0 Å². The maximum atomic E-state index is 12.0. The first-order valence-electron chi connectivity index (χ1n) is 8.23. The third-order valence-corrected chi connectivity index (χ3v) is 3.73. The van der Waals surface area contributed by atoms with Crippen LogP contribution in [-0.4, -0.2) is 24.4 Å². The Hall–Kier alpha value is -3.15. The lowest BCUT2D eigenvalue weighted by molar-refractivity contribution is -0.146. The van der Waals surface area contributed by atoms with Crippen LogP contribution in [0.15, 0.2) is 42.5 Å². The van der Waals surface area contributed by atoms with E-state index in [0.29, 0.717) is 5.69 Å². The second-order valence-electron chi connectivity index (χ2n) is 6.03. The molecule has 0 radical (unpaired) electrons. The summed E-state index contributed by atoms with van der Waals surface area (Å²) in [5, 5.41) is 5.42. The lowest BCUT2D eigenvalue weighted by Gasteiger charge is -2.11. The molecule has 2 amide bonds. The Morgan fingerprint density at radius 3 is 2.12 bits per heavy atom. The molecule has 0 saturated carbocycles. The maximum Gasteiger partial charge on any atom is 0.310 e. The molecule has 0 unspecified atom stereocenters. The van der Waals surface area contributed by atoms with Crippen LogP contribution in [0, 0.1) is 13.8 Å². The van der Waals surface area contributed by atoms with Crippen molar-refractivity contribution in [3.63, 3.8) is 0 Å². The predicted molar refractivity (Wildman–Crippen MR) is 100.0 cm³/mol. The number of esters is 1. The fraction of sp³-hybridized carbons (Fsp3) is 0.250. The first-order valence-corrected chi connectivity index (χ1v) is 8.23. The topological polar surface area (TPSA) is 84.5 Å². The molecule has 136 valence electrons. The molecule has 0 aliphatic carbocycles. The third-order valence-electron chi connectivity index (χ3n) is 3.73. The zero-order chi connectivity index (χ0) is 19.1. The van der Waals surface area contributed by atoms with E-state index < -0.39 is 5.97 Å². The van der Waals surface area contributed by atoms with Crippen molar-refractivity contribution in [2.75, 3.05) is 17.2 Å². The Kier molecular flexibility index (Phi) is 6.49. The number of benzene rings is 2. The van der Waals surface area contributed by atoms with Crippen molar-refractivity contribution in [3.05, 3.63) is 59.2 Å². The zero-order valence-corrected chi connectivity index (χ0v) is 15.1. The molecule has 2 rings (SSSR count). The number of aryl methyl sites for hydroxylation is 2. The lowest BCUT2D eigenvalue weighted by Crippen LogP contribution is -2.22. The fourth-order valence-corrected chi connectivity index (χ4v) is 2.46. The van der Waals surface area contributed by atoms with Gasteiger partial charge in [-0.05, 0) is 42.7 Å². The second kappa shape index (κ2) is 8.80. The number of rotatable bonds is 6. The van der Waals surface area contributed by atoms with Gasteiger partial charge in [-0.1, -0.05) is 30.3 Å². The van der Waals surface area contributed by atoms with Gasteiger partial charge >= 0.3 is 5.97 Å². The van der Waals surface area contributed by atoms with Gasteiger partial charge in [0.2, 0.25) is 5.91 Å². The summed E-state index contributed by atoms with van der Waals surface area (Å²) in [5.41, 5.74) is 4.02. The van der Waals surface area contributed by atoms with Crippen LogP contribution in [-0.2, 0) is 25.5 Å². The SMILES string of the molecule is CC(=O)Nc1ccc(CC(=O)OCC(=O)Nc2c(C)cccc2C)cc1. The van der Waals surface area contributed by atoms with Crippen LogP contribution < -0.4 is 10.6 Å². The molecule has 6 nitrogen and oxygen atoms in total. The number of carbonyl (C=O) groups excluding carboxylic acids is 3. The van der Waals surface area contributed by atoms with E-state index in [-0.39, 0.29) is 24.8 Å². The van der Waals surface area contributed by atoms with E-state index in [1.807, 2.05) is 32.0 Å². The van der Waals surface area contributed by atoms with Crippen molar-refractivity contribution < 1.29 is 19.1 Å². The van der Waals surface area contributed by atoms with Crippen LogP contribution in [0.25, 0.3) is 0 Å². The monoisotopic (exact) mass is 354 g/mol. The molecule has 0 spiro atoms. The van der Waals surface area contributed by atoms with Crippen molar-refractivity contribution in [3.8, 4) is 0 Å². The first-order chi connectivity index (χ1) is 12.3. The normalized spacial score (nSPS) is 10.1. The highest BCUT2D eigenvalue weighted by Crippen LogP contribution is 2.19. The van der Waals surface area contributed by atoms with E-state index in [1.54, 1.807) is 24.3 Å². The lowest BCUT2D eigenvalue weighted by atomic mass is 10.1. The van der Waals surface area contributed by atoms with Crippen LogP contribution in [0.4, 0.5) is 11.4 Å². The van der Waals surface area contributed by atoms with Gasteiger partial charge in [-0.15, -0.1) is 0 Å². The number of ether oxygens (including phenoxy) is 1. The molecule has 0 aliphatic rings. The Morgan fingerprint density at radius 2 is 1.54 bits per heavy atom. The molecule has 0 heterocycles. The summed E-state index contributed by atoms with van der Waals surface area (Å²) < 4.78 is 5.03. The van der Waals surface area contributed by atoms with Gasteiger partial charge in [0.1, 0.15) is 0 Å². The fourth-order valence-electron chi connectivity index (χ4n) is 2.46. The van der Waals surface area contributed by atoms with E-state index in [1.165, 1.54) is 6.92 Å². The molecule has 2 aromatic carbocycles. The Labute approximate surface area is 152 Å². The number of amides is 2. The van der Waals surface area contributed by atoms with Gasteiger partial charge in [-0.25, -0.2) is 0 Å². The van der Waals surface area contributed by atoms with E-state index in [2.05, 4.69) is 10.6 Å². The van der Waals surface area contributed by atoms with E-state index in [9.17, 15) is 14.4 Å². The first kappa shape index (κ1) is 19.2. The highest BCUT2D eigenvalue weighted by molar-refractivity contribution is 5.94. The van der Waals surface area contributed by atoms with Crippen LogP contribution >= 0.6 is 0 Å². The van der Waals surface area contributed by atoms with Gasteiger partial charge in [0, 0.05) is 18.3 Å². The van der Waals surface area contributed by atoms with Crippen molar-refractivity contribution in [2.45, 2.75) is 27.2 Å². The number of nitrogens with one attached hydrogen (secondary N) is 2. The predicted octanol–water partition coefficient (Wildman–Crippen LogP) is 2.99. The van der Waals surface area contributed by atoms with Gasteiger partial charge in [0.15, 0.2) is 6.61 Å². The van der Waals surface area contributed by atoms with Crippen LogP contribution in [0.1, 0.15) is 23.6 Å². The van der Waals surface area contributed by atoms with Crippen LogP contribution in [0.5, 0.6) is 0 Å². The summed E-state index contributed by atoms with van der Waals surface area (Å²) in [6.45, 7) is 4.89. The van der Waals surface area contributed by atoms with E-state index in [4.69, 9.17) is 4.74 Å². The van der Waals surface area contributed by atoms with Gasteiger partial charge in [0.25, 0.3) is 5.91 Å². The molecule has 0 atom stereocenters. The maximum absolute atomic E-state index is 12.0. The van der Waals surface area contributed by atoms with Gasteiger partial charge in [0.05, 0.1) is 6.42 Å². The number of hydrogen-bond donors (Lipinski definition) is 2. The second-order valence-corrected chi connectivity index (χ2v) is 6.03. The van der Waals surface area contributed by atoms with Crippen molar-refractivity contribution in [2.24, 2.45) is 0 Å². The molecule has 26 heavy (non-hydrogen) atoms. The smallest absolute Gasteiger partial charge is 0.310 e. The standard InChI is InChI=1S/C20H22N2O4/c1-13-5-4-6-14(2)20(13)22-18(24)12-26-19(25)11-16-7-9-17(10-8-16)21-15(3)23/h4-10H,11-12H2,1-3H3,(H,21,23)(H,22,24). The largest absolute Gasteiger partial charge is 0.455 e. The zero-order valence-electron chi connectivity index (χ0n) is 15.1. The molecule has 0 aliphatic heterocycles. The minimum atomic E-state index is -0.492. The average molecular weight is 354 g/mol. The van der Waals surface area contributed by atoms with E-state index in [0.717, 1.165) is 22.4 Å². The third kappa shape index (κ3) is 5.73. The molecule has 0 bridgehead atoms. The van der Waals surface area contributed by atoms with Crippen molar-refractivity contribution >= 4 is 29.2 Å². The molecule has 0 aromatic heterocycles. The molecule has 0 saturated heterocycles. The number of anilines is 2. The summed E-state index contributed by atoms with van der Waals surface area (Å²) in [7, 11) is 0. The summed E-state index contributed by atoms with van der Waals surface area (Å²) in [6, 6.07) is 12.6. The Morgan fingerprint density at radius 1 is 0.923 bits per heavy atom. The van der Waals surface area contributed by atoms with Crippen LogP contribution in [0.2, 0.25) is 0 Å². The quantitative estimate of drug-likeness (QED) is 0.781. The number of hydrogen-bond acceptors (Lipinski definition) is 4. The molecular weight excluding hydrogens is 332 g/mol. The van der Waals surface area contributed by atoms with Crippen molar-refractivity contribution in [1.82, 2.24) is 0 Å². The van der Waals surface area contributed by atoms with Gasteiger partial charge < -0.3 is 15.4 Å². The van der Waals surface area contributed by atoms with Crippen LogP contribution in [0.3, 0.4) is 0 Å². The molecular formula is C20H22N2O4. The minimum absolute atomic E-state index is 0.0526. The summed E-state index contributed by atoms with van der Waals surface area (Å²) >= 11 is 0. The van der Waals surface area contributed by atoms with E-state index >= 15 is 0 Å². The van der Waals surface area contributed by atoms with Crippen molar-refractivity contribution in [1.29, 1.82) is 0 Å². The molecule has 6 heteroatoms. The molecule has 0 fully saturated rings. The number of carbonyl (C=O) groups is 3. The summed E-state index contributed by atoms with van der Waals surface area (Å²) in [6.07, 6.45) is 0.0526. The Bertz CT molecular complexity index is 793. The highest BCUT2D eigenvalue weighted by atomic mass is 16.5. The number of para-hydroxylation sites is 1. The van der Waals surface area contributed by atoms with Gasteiger partial charge in [-0.3, -0.25) is 14.4 Å². The minimum Gasteiger partial charge on any atom is -0.455 e. The summed E-state index contributed by atoms with van der Waals surface area (Å²) in [4.78, 5) is 34.9. The molecule has 2 aromatic rings. The highest BCUT2D eigenvalue weighted by Gasteiger charge is 2.11.